The van der Waals surface area contributed by atoms with Crippen LogP contribution in [0.15, 0.2) is 16.7 Å². The van der Waals surface area contributed by atoms with E-state index in [0.29, 0.717) is 0 Å². The molecule has 1 heterocycles. The molecule has 1 heteroatoms. The molecule has 0 N–H and O–H groups in total. The van der Waals surface area contributed by atoms with E-state index in [2.05, 4.69) is 13.0 Å². The molecule has 0 aromatic carbocycles. The van der Waals surface area contributed by atoms with Crippen LogP contribution in [-0.2, 0) is 6.42 Å². The Bertz CT molecular complexity index is 224. The van der Waals surface area contributed by atoms with Gasteiger partial charge in [0, 0.05) is 6.42 Å². The van der Waals surface area contributed by atoms with Gasteiger partial charge in [-0.3, -0.25) is 0 Å². The molecular weight excluding hydrogens is 124 g/mol. The van der Waals surface area contributed by atoms with E-state index in [9.17, 15) is 0 Å². The quantitative estimate of drug-likeness (QED) is 0.534. The van der Waals surface area contributed by atoms with E-state index in [-0.39, 0.29) is 0 Å². The van der Waals surface area contributed by atoms with Crippen LogP contribution >= 0.6 is 0 Å². The second-order valence-corrected chi connectivity index (χ2v) is 3.09. The lowest BCUT2D eigenvalue weighted by Gasteiger charge is -2.16. The van der Waals surface area contributed by atoms with E-state index in [4.69, 9.17) is 4.42 Å². The average Bonchev–Trinajstić information content (AvgIpc) is 2.36. The highest BCUT2D eigenvalue weighted by atomic mass is 16.3. The van der Waals surface area contributed by atoms with Crippen LogP contribution in [0, 0.1) is 0 Å². The lowest BCUT2D eigenvalue weighted by molar-refractivity contribution is 0.459. The molecule has 0 aliphatic heterocycles. The lowest BCUT2D eigenvalue weighted by Crippen LogP contribution is -2.03. The summed E-state index contributed by atoms with van der Waals surface area (Å²) < 4.78 is 5.33. The van der Waals surface area contributed by atoms with Gasteiger partial charge in [0.25, 0.3) is 0 Å². The fourth-order valence-electron chi connectivity index (χ4n) is 1.72. The Kier molecular flexibility index (Phi) is 1.30. The molecule has 1 aromatic rings. The maximum atomic E-state index is 5.33. The van der Waals surface area contributed by atoms with Crippen molar-refractivity contribution in [3.8, 4) is 0 Å². The number of furan rings is 1. The summed E-state index contributed by atoms with van der Waals surface area (Å²) in [6.45, 7) is 2.27. The monoisotopic (exact) mass is 136 g/mol. The molecule has 0 saturated heterocycles. The standard InChI is InChI=1S/C9H12O/c1-7-3-2-4-9-8(7)5-6-10-9/h5-7H,2-4H2,1H3. The van der Waals surface area contributed by atoms with Crippen LogP contribution in [0.2, 0.25) is 0 Å². The summed E-state index contributed by atoms with van der Waals surface area (Å²) in [7, 11) is 0. The van der Waals surface area contributed by atoms with E-state index in [1.54, 1.807) is 0 Å². The van der Waals surface area contributed by atoms with Crippen molar-refractivity contribution in [3.05, 3.63) is 23.7 Å². The third-order valence-electron chi connectivity index (χ3n) is 2.35. The fourth-order valence-corrected chi connectivity index (χ4v) is 1.72. The van der Waals surface area contributed by atoms with Crippen molar-refractivity contribution < 1.29 is 4.42 Å². The Hall–Kier alpha value is -0.720. The molecule has 0 amide bonds. The van der Waals surface area contributed by atoms with Crippen molar-refractivity contribution in [1.29, 1.82) is 0 Å². The smallest absolute Gasteiger partial charge is 0.107 e. The highest BCUT2D eigenvalue weighted by molar-refractivity contribution is 5.23. The summed E-state index contributed by atoms with van der Waals surface area (Å²) >= 11 is 0. The molecule has 0 saturated carbocycles. The van der Waals surface area contributed by atoms with Gasteiger partial charge in [-0.15, -0.1) is 0 Å². The van der Waals surface area contributed by atoms with E-state index in [0.717, 1.165) is 12.3 Å². The Balaban J connectivity index is 2.41. The van der Waals surface area contributed by atoms with Gasteiger partial charge < -0.3 is 4.42 Å². The molecule has 0 bridgehead atoms. The van der Waals surface area contributed by atoms with Crippen LogP contribution in [0.5, 0.6) is 0 Å². The molecule has 1 unspecified atom stereocenters. The van der Waals surface area contributed by atoms with Gasteiger partial charge in [0.1, 0.15) is 5.76 Å². The maximum Gasteiger partial charge on any atom is 0.107 e. The topological polar surface area (TPSA) is 13.1 Å². The zero-order valence-corrected chi connectivity index (χ0v) is 6.26. The van der Waals surface area contributed by atoms with Gasteiger partial charge in [0.2, 0.25) is 0 Å². The minimum atomic E-state index is 0.725. The number of hydrogen-bond acceptors (Lipinski definition) is 1. The molecule has 0 spiro atoms. The van der Waals surface area contributed by atoms with E-state index in [1.165, 1.54) is 24.2 Å². The zero-order valence-electron chi connectivity index (χ0n) is 6.26. The van der Waals surface area contributed by atoms with Crippen molar-refractivity contribution >= 4 is 0 Å². The van der Waals surface area contributed by atoms with Crippen LogP contribution < -0.4 is 0 Å². The van der Waals surface area contributed by atoms with Crippen molar-refractivity contribution in [2.45, 2.75) is 32.1 Å². The molecule has 0 fully saturated rings. The number of hydrogen-bond donors (Lipinski definition) is 0. The van der Waals surface area contributed by atoms with Crippen LogP contribution in [-0.4, -0.2) is 0 Å². The molecule has 1 aromatic heterocycles. The number of rotatable bonds is 0. The Morgan fingerprint density at radius 2 is 2.50 bits per heavy atom. The molecule has 10 heavy (non-hydrogen) atoms. The van der Waals surface area contributed by atoms with E-state index < -0.39 is 0 Å². The van der Waals surface area contributed by atoms with E-state index >= 15 is 0 Å². The van der Waals surface area contributed by atoms with Gasteiger partial charge in [-0.25, -0.2) is 0 Å². The van der Waals surface area contributed by atoms with Gasteiger partial charge in [0.05, 0.1) is 6.26 Å². The van der Waals surface area contributed by atoms with Crippen LogP contribution in [0.3, 0.4) is 0 Å². The Morgan fingerprint density at radius 1 is 1.60 bits per heavy atom. The summed E-state index contributed by atoms with van der Waals surface area (Å²) in [6.07, 6.45) is 5.58. The van der Waals surface area contributed by atoms with Gasteiger partial charge in [-0.1, -0.05) is 6.92 Å². The second kappa shape index (κ2) is 2.15. The predicted octanol–water partition coefficient (Wildman–Crippen LogP) is 2.72. The minimum absolute atomic E-state index is 0.725. The SMILES string of the molecule is CC1CCCc2occc21. The third-order valence-corrected chi connectivity index (χ3v) is 2.35. The van der Waals surface area contributed by atoms with Crippen molar-refractivity contribution in [2.24, 2.45) is 0 Å². The van der Waals surface area contributed by atoms with Gasteiger partial charge in [-0.05, 0) is 30.4 Å². The van der Waals surface area contributed by atoms with Crippen LogP contribution in [0.1, 0.15) is 37.0 Å². The van der Waals surface area contributed by atoms with Crippen LogP contribution in [0.4, 0.5) is 0 Å². The maximum absolute atomic E-state index is 5.33. The van der Waals surface area contributed by atoms with Crippen molar-refractivity contribution in [1.82, 2.24) is 0 Å². The molecule has 1 nitrogen and oxygen atoms in total. The summed E-state index contributed by atoms with van der Waals surface area (Å²) in [6, 6.07) is 2.11. The molecule has 1 atom stereocenters. The number of fused-ring (bicyclic) bond motifs is 1. The highest BCUT2D eigenvalue weighted by Crippen LogP contribution is 2.31. The summed E-state index contributed by atoms with van der Waals surface area (Å²) in [5.74, 6) is 1.95. The highest BCUT2D eigenvalue weighted by Gasteiger charge is 2.17. The Labute approximate surface area is 61.0 Å². The molecule has 1 aliphatic carbocycles. The first-order chi connectivity index (χ1) is 4.88. The normalized spacial score (nSPS) is 24.3. The fraction of sp³-hybridized carbons (Fsp3) is 0.556. The predicted molar refractivity (Wildman–Crippen MR) is 40.1 cm³/mol. The van der Waals surface area contributed by atoms with Crippen molar-refractivity contribution in [3.63, 3.8) is 0 Å². The molecule has 0 radical (unpaired) electrons. The molecule has 54 valence electrons. The summed E-state index contributed by atoms with van der Waals surface area (Å²) in [5.41, 5.74) is 1.44. The Morgan fingerprint density at radius 3 is 3.30 bits per heavy atom. The third kappa shape index (κ3) is 0.772. The first-order valence-electron chi connectivity index (χ1n) is 3.94. The number of aryl methyl sites for hydroxylation is 1. The van der Waals surface area contributed by atoms with Gasteiger partial charge in [-0.2, -0.15) is 0 Å². The molecule has 2 rings (SSSR count). The molecule has 1 aliphatic rings. The van der Waals surface area contributed by atoms with Gasteiger partial charge >= 0.3 is 0 Å². The van der Waals surface area contributed by atoms with E-state index in [1.807, 2.05) is 6.26 Å². The largest absolute Gasteiger partial charge is 0.469 e. The zero-order chi connectivity index (χ0) is 6.97. The first kappa shape index (κ1) is 6.02. The lowest BCUT2D eigenvalue weighted by atomic mass is 9.89. The second-order valence-electron chi connectivity index (χ2n) is 3.09. The van der Waals surface area contributed by atoms with Gasteiger partial charge in [0.15, 0.2) is 0 Å². The first-order valence-corrected chi connectivity index (χ1v) is 3.94. The minimum Gasteiger partial charge on any atom is -0.469 e. The molecular formula is C9H12O. The summed E-state index contributed by atoms with van der Waals surface area (Å²) in [4.78, 5) is 0. The van der Waals surface area contributed by atoms with Crippen molar-refractivity contribution in [2.75, 3.05) is 0 Å². The average molecular weight is 136 g/mol. The van der Waals surface area contributed by atoms with Crippen LogP contribution in [0.25, 0.3) is 0 Å². The summed E-state index contributed by atoms with van der Waals surface area (Å²) in [5, 5.41) is 0.